The van der Waals surface area contributed by atoms with E-state index in [2.05, 4.69) is 21.2 Å². The van der Waals surface area contributed by atoms with Crippen molar-refractivity contribution in [3.63, 3.8) is 0 Å². The summed E-state index contributed by atoms with van der Waals surface area (Å²) in [5.41, 5.74) is 0.851. The quantitative estimate of drug-likeness (QED) is 0.836. The summed E-state index contributed by atoms with van der Waals surface area (Å²) in [4.78, 5) is 13.5. The van der Waals surface area contributed by atoms with E-state index in [1.165, 1.54) is 0 Å². The van der Waals surface area contributed by atoms with Gasteiger partial charge in [-0.3, -0.25) is 9.69 Å². The molecule has 1 atom stereocenters. The van der Waals surface area contributed by atoms with Crippen LogP contribution in [0.15, 0.2) is 28.7 Å². The van der Waals surface area contributed by atoms with Gasteiger partial charge in [-0.05, 0) is 37.6 Å². The molecule has 1 aromatic rings. The van der Waals surface area contributed by atoms with Crippen LogP contribution in [0.3, 0.4) is 0 Å². The second-order valence-electron chi connectivity index (χ2n) is 5.11. The van der Waals surface area contributed by atoms with Crippen molar-refractivity contribution in [1.82, 2.24) is 10.2 Å². The molecule has 5 heteroatoms. The number of rotatable bonds is 6. The van der Waals surface area contributed by atoms with Crippen LogP contribution in [0.4, 0.5) is 0 Å². The van der Waals surface area contributed by atoms with Crippen LogP contribution in [0, 0.1) is 0 Å². The van der Waals surface area contributed by atoms with Crippen LogP contribution >= 0.6 is 15.9 Å². The zero-order chi connectivity index (χ0) is 13.8. The summed E-state index contributed by atoms with van der Waals surface area (Å²) in [6.07, 6.45) is 1.60. The molecule has 104 valence electrons. The fraction of sp³-hybridized carbons (Fsp3) is 0.500. The zero-order valence-electron chi connectivity index (χ0n) is 11.0. The Morgan fingerprint density at radius 2 is 2.32 bits per heavy atom. The number of nitrogens with one attached hydrogen (secondary N) is 1. The van der Waals surface area contributed by atoms with Crippen molar-refractivity contribution in [3.05, 3.63) is 34.3 Å². The van der Waals surface area contributed by atoms with E-state index >= 15 is 0 Å². The maximum Gasteiger partial charge on any atom is 0.234 e. The first-order valence-electron chi connectivity index (χ1n) is 6.46. The molecule has 1 aliphatic rings. The number of halogens is 1. The summed E-state index contributed by atoms with van der Waals surface area (Å²) in [6.45, 7) is 0.760. The minimum absolute atomic E-state index is 0.0337. The van der Waals surface area contributed by atoms with Gasteiger partial charge in [0.05, 0.1) is 12.6 Å². The summed E-state index contributed by atoms with van der Waals surface area (Å²) < 4.78 is 0.943. The van der Waals surface area contributed by atoms with Crippen LogP contribution in [-0.4, -0.2) is 42.1 Å². The molecular weight excluding hydrogens is 308 g/mol. The number of benzene rings is 1. The van der Waals surface area contributed by atoms with Crippen molar-refractivity contribution in [3.8, 4) is 0 Å². The lowest BCUT2D eigenvalue weighted by atomic mass is 10.1. The monoisotopic (exact) mass is 326 g/mol. The number of nitrogens with zero attached hydrogens (tertiary/aromatic N) is 1. The Balaban J connectivity index is 1.80. The minimum atomic E-state index is -0.587. The Kier molecular flexibility index (Phi) is 4.96. The summed E-state index contributed by atoms with van der Waals surface area (Å²) in [6, 6.07) is 7.97. The normalized spacial score (nSPS) is 16.4. The summed E-state index contributed by atoms with van der Waals surface area (Å²) in [5.74, 6) is 0.0337. The predicted octanol–water partition coefficient (Wildman–Crippen LogP) is 1.69. The molecule has 1 saturated carbocycles. The fourth-order valence-corrected chi connectivity index (χ4v) is 2.34. The first-order valence-corrected chi connectivity index (χ1v) is 7.25. The van der Waals surface area contributed by atoms with E-state index in [0.29, 0.717) is 19.1 Å². The number of hydrogen-bond acceptors (Lipinski definition) is 3. The first kappa shape index (κ1) is 14.5. The highest BCUT2D eigenvalue weighted by atomic mass is 79.9. The standard InChI is InChI=1S/C14H19BrN2O2/c1-17(9-14(19)16-12-5-6-12)8-13(18)10-3-2-4-11(15)7-10/h2-4,7,12-13,18H,5-6,8-9H2,1H3,(H,16,19). The second-order valence-corrected chi connectivity index (χ2v) is 6.03. The lowest BCUT2D eigenvalue weighted by Gasteiger charge is -2.20. The van der Waals surface area contributed by atoms with E-state index in [9.17, 15) is 9.90 Å². The molecule has 0 heterocycles. The third-order valence-electron chi connectivity index (χ3n) is 3.07. The third kappa shape index (κ3) is 4.93. The second kappa shape index (κ2) is 6.50. The van der Waals surface area contributed by atoms with Gasteiger partial charge in [0.15, 0.2) is 0 Å². The predicted molar refractivity (Wildman–Crippen MR) is 77.8 cm³/mol. The highest BCUT2D eigenvalue weighted by Gasteiger charge is 2.23. The van der Waals surface area contributed by atoms with Gasteiger partial charge in [-0.1, -0.05) is 28.1 Å². The van der Waals surface area contributed by atoms with Gasteiger partial charge in [0.2, 0.25) is 5.91 Å². The summed E-state index contributed by atoms with van der Waals surface area (Å²) in [7, 11) is 1.84. The van der Waals surface area contributed by atoms with Crippen molar-refractivity contribution < 1.29 is 9.90 Å². The highest BCUT2D eigenvalue weighted by molar-refractivity contribution is 9.10. The molecule has 2 rings (SSSR count). The maximum atomic E-state index is 11.6. The van der Waals surface area contributed by atoms with E-state index in [-0.39, 0.29) is 5.91 Å². The molecule has 1 aliphatic carbocycles. The summed E-state index contributed by atoms with van der Waals surface area (Å²) >= 11 is 3.38. The van der Waals surface area contributed by atoms with Crippen LogP contribution in [0.2, 0.25) is 0 Å². The smallest absolute Gasteiger partial charge is 0.234 e. The Morgan fingerprint density at radius 3 is 2.95 bits per heavy atom. The van der Waals surface area contributed by atoms with Gasteiger partial charge in [0.1, 0.15) is 0 Å². The van der Waals surface area contributed by atoms with Crippen LogP contribution < -0.4 is 5.32 Å². The van der Waals surface area contributed by atoms with Crippen LogP contribution in [0.1, 0.15) is 24.5 Å². The van der Waals surface area contributed by atoms with Crippen molar-refractivity contribution >= 4 is 21.8 Å². The average Bonchev–Trinajstić information content (AvgIpc) is 3.12. The van der Waals surface area contributed by atoms with Crippen molar-refractivity contribution in [2.24, 2.45) is 0 Å². The van der Waals surface area contributed by atoms with Crippen LogP contribution in [0.5, 0.6) is 0 Å². The molecule has 1 aromatic carbocycles. The van der Waals surface area contributed by atoms with Crippen molar-refractivity contribution in [2.75, 3.05) is 20.1 Å². The Bertz CT molecular complexity index is 449. The molecule has 1 unspecified atom stereocenters. The van der Waals surface area contributed by atoms with E-state index in [0.717, 1.165) is 22.9 Å². The molecule has 0 aromatic heterocycles. The number of carbonyl (C=O) groups is 1. The molecule has 0 spiro atoms. The number of amides is 1. The van der Waals surface area contributed by atoms with E-state index in [1.807, 2.05) is 36.2 Å². The Morgan fingerprint density at radius 1 is 1.58 bits per heavy atom. The van der Waals surface area contributed by atoms with Gasteiger partial charge >= 0.3 is 0 Å². The van der Waals surface area contributed by atoms with Gasteiger partial charge in [-0.25, -0.2) is 0 Å². The fourth-order valence-electron chi connectivity index (χ4n) is 1.93. The average molecular weight is 327 g/mol. The lowest BCUT2D eigenvalue weighted by molar-refractivity contribution is -0.122. The number of aliphatic hydroxyl groups is 1. The molecule has 2 N–H and O–H groups in total. The van der Waals surface area contributed by atoms with Crippen molar-refractivity contribution in [2.45, 2.75) is 25.0 Å². The maximum absolute atomic E-state index is 11.6. The van der Waals surface area contributed by atoms with E-state index < -0.39 is 6.10 Å². The molecule has 19 heavy (non-hydrogen) atoms. The highest BCUT2D eigenvalue weighted by Crippen LogP contribution is 2.19. The Labute approximate surface area is 121 Å². The van der Waals surface area contributed by atoms with Gasteiger partial charge in [-0.15, -0.1) is 0 Å². The van der Waals surface area contributed by atoms with Crippen LogP contribution in [-0.2, 0) is 4.79 Å². The molecule has 0 aliphatic heterocycles. The Hall–Kier alpha value is -0.910. The lowest BCUT2D eigenvalue weighted by Crippen LogP contribution is -2.37. The molecular formula is C14H19BrN2O2. The molecule has 1 fully saturated rings. The van der Waals surface area contributed by atoms with Crippen LogP contribution in [0.25, 0.3) is 0 Å². The number of aliphatic hydroxyl groups excluding tert-OH is 1. The largest absolute Gasteiger partial charge is 0.387 e. The summed E-state index contributed by atoms with van der Waals surface area (Å²) in [5, 5.41) is 13.1. The molecule has 0 bridgehead atoms. The van der Waals surface area contributed by atoms with E-state index in [1.54, 1.807) is 0 Å². The number of hydrogen-bond donors (Lipinski definition) is 2. The SMILES string of the molecule is CN(CC(=O)NC1CC1)CC(O)c1cccc(Br)c1. The van der Waals surface area contributed by atoms with Gasteiger partial charge < -0.3 is 10.4 Å². The number of likely N-dealkylation sites (N-methyl/N-ethyl adjacent to an activating group) is 1. The number of carbonyl (C=O) groups excluding carboxylic acids is 1. The molecule has 0 saturated heterocycles. The third-order valence-corrected chi connectivity index (χ3v) is 3.57. The zero-order valence-corrected chi connectivity index (χ0v) is 12.6. The molecule has 0 radical (unpaired) electrons. The molecule has 1 amide bonds. The van der Waals surface area contributed by atoms with Gasteiger partial charge in [0, 0.05) is 17.1 Å². The molecule has 4 nitrogen and oxygen atoms in total. The minimum Gasteiger partial charge on any atom is -0.387 e. The first-order chi connectivity index (χ1) is 9.04. The van der Waals surface area contributed by atoms with Gasteiger partial charge in [0.25, 0.3) is 0 Å². The van der Waals surface area contributed by atoms with E-state index in [4.69, 9.17) is 0 Å². The van der Waals surface area contributed by atoms with Gasteiger partial charge in [-0.2, -0.15) is 0 Å². The topological polar surface area (TPSA) is 52.6 Å². The van der Waals surface area contributed by atoms with Crippen molar-refractivity contribution in [1.29, 1.82) is 0 Å².